The van der Waals surface area contributed by atoms with Crippen molar-refractivity contribution in [2.75, 3.05) is 6.54 Å². The summed E-state index contributed by atoms with van der Waals surface area (Å²) in [7, 11) is 0. The molecule has 0 radical (unpaired) electrons. The zero-order valence-corrected chi connectivity index (χ0v) is 15.0. The van der Waals surface area contributed by atoms with Gasteiger partial charge < -0.3 is 11.1 Å². The van der Waals surface area contributed by atoms with Gasteiger partial charge in [0, 0.05) is 18.5 Å². The Kier molecular flexibility index (Phi) is 8.78. The largest absolute Gasteiger partial charge is 0.396 e. The minimum Gasteiger partial charge on any atom is -0.350 e. The van der Waals surface area contributed by atoms with E-state index in [0.29, 0.717) is 6.42 Å². The second-order valence-corrected chi connectivity index (χ2v) is 6.62. The molecule has 0 aliphatic heterocycles. The van der Waals surface area contributed by atoms with Gasteiger partial charge in [-0.3, -0.25) is 4.79 Å². The van der Waals surface area contributed by atoms with Crippen LogP contribution in [0.1, 0.15) is 45.1 Å². The summed E-state index contributed by atoms with van der Waals surface area (Å²) in [6.07, 6.45) is -4.51. The molecule has 0 heterocycles. The lowest BCUT2D eigenvalue weighted by atomic mass is 9.89. The Hall–Kier alpha value is -1.27. The van der Waals surface area contributed by atoms with Crippen LogP contribution in [0.2, 0.25) is 0 Å². The molecule has 3 nitrogen and oxygen atoms in total. The minimum absolute atomic E-state index is 0. The monoisotopic (exact) mass is 366 g/mol. The average Bonchev–Trinajstić information content (AvgIpc) is 2.43. The van der Waals surface area contributed by atoms with Gasteiger partial charge in [-0.25, -0.2) is 0 Å². The van der Waals surface area contributed by atoms with Crippen LogP contribution >= 0.6 is 12.4 Å². The van der Waals surface area contributed by atoms with Crippen molar-refractivity contribution in [2.45, 2.75) is 51.2 Å². The minimum atomic E-state index is -4.48. The number of nitrogens with one attached hydrogen (secondary N) is 1. The highest BCUT2D eigenvalue weighted by molar-refractivity contribution is 5.85. The molecular formula is C17H26ClF3N2O. The highest BCUT2D eigenvalue weighted by Gasteiger charge is 2.42. The Morgan fingerprint density at radius 1 is 1.21 bits per heavy atom. The first-order valence-electron chi connectivity index (χ1n) is 7.70. The molecule has 24 heavy (non-hydrogen) atoms. The van der Waals surface area contributed by atoms with E-state index in [-0.39, 0.29) is 30.4 Å². The average molecular weight is 367 g/mol. The summed E-state index contributed by atoms with van der Waals surface area (Å²) in [4.78, 5) is 12.2. The zero-order valence-electron chi connectivity index (χ0n) is 14.2. The van der Waals surface area contributed by atoms with Crippen molar-refractivity contribution >= 4 is 18.3 Å². The summed E-state index contributed by atoms with van der Waals surface area (Å²) in [6, 6.07) is 7.50. The molecule has 0 saturated heterocycles. The van der Waals surface area contributed by atoms with E-state index in [0.717, 1.165) is 0 Å². The maximum Gasteiger partial charge on any atom is 0.396 e. The van der Waals surface area contributed by atoms with E-state index < -0.39 is 30.0 Å². The second-order valence-electron chi connectivity index (χ2n) is 6.62. The number of alkyl halides is 3. The molecule has 0 fully saturated rings. The van der Waals surface area contributed by atoms with E-state index in [2.05, 4.69) is 5.32 Å². The van der Waals surface area contributed by atoms with Crippen molar-refractivity contribution in [3.8, 4) is 0 Å². The first-order chi connectivity index (χ1) is 10.6. The summed E-state index contributed by atoms with van der Waals surface area (Å²) in [5, 5.41) is 2.68. The van der Waals surface area contributed by atoms with Crippen LogP contribution in [0.25, 0.3) is 0 Å². The van der Waals surface area contributed by atoms with E-state index >= 15 is 0 Å². The van der Waals surface area contributed by atoms with E-state index in [4.69, 9.17) is 5.73 Å². The van der Waals surface area contributed by atoms with Crippen LogP contribution in [-0.4, -0.2) is 24.2 Å². The molecular weight excluding hydrogens is 341 g/mol. The normalized spacial score (nSPS) is 15.3. The van der Waals surface area contributed by atoms with Crippen LogP contribution in [-0.2, 0) is 4.79 Å². The number of amides is 1. The SMILES string of the molecule is CC(C)CC(C)(CN)NC(=O)CC(c1ccccc1)C(F)(F)F.Cl. The molecule has 0 spiro atoms. The molecule has 0 saturated carbocycles. The third kappa shape index (κ3) is 7.09. The van der Waals surface area contributed by atoms with Gasteiger partial charge in [-0.05, 0) is 24.8 Å². The Labute approximate surface area is 147 Å². The second kappa shape index (κ2) is 9.28. The summed E-state index contributed by atoms with van der Waals surface area (Å²) in [6.45, 7) is 5.89. The topological polar surface area (TPSA) is 55.1 Å². The number of nitrogens with two attached hydrogens (primary N) is 1. The molecule has 3 N–H and O–H groups in total. The lowest BCUT2D eigenvalue weighted by Gasteiger charge is -2.32. The summed E-state index contributed by atoms with van der Waals surface area (Å²) in [5.74, 6) is -2.18. The Balaban J connectivity index is 0.00000529. The highest BCUT2D eigenvalue weighted by Crippen LogP contribution is 2.37. The van der Waals surface area contributed by atoms with Crippen molar-refractivity contribution in [2.24, 2.45) is 11.7 Å². The fourth-order valence-corrected chi connectivity index (χ4v) is 2.77. The van der Waals surface area contributed by atoms with Gasteiger partial charge in [0.05, 0.1) is 5.92 Å². The third-order valence-electron chi connectivity index (χ3n) is 3.74. The highest BCUT2D eigenvalue weighted by atomic mass is 35.5. The number of hydrogen-bond donors (Lipinski definition) is 2. The lowest BCUT2D eigenvalue weighted by Crippen LogP contribution is -2.52. The van der Waals surface area contributed by atoms with Crippen molar-refractivity contribution in [3.63, 3.8) is 0 Å². The van der Waals surface area contributed by atoms with E-state index in [1.54, 1.807) is 13.0 Å². The van der Waals surface area contributed by atoms with Gasteiger partial charge in [0.2, 0.25) is 5.91 Å². The number of rotatable bonds is 7. The number of carbonyl (C=O) groups excluding carboxylic acids is 1. The predicted molar refractivity (Wildman–Crippen MR) is 92.2 cm³/mol. The van der Waals surface area contributed by atoms with E-state index in [1.165, 1.54) is 24.3 Å². The van der Waals surface area contributed by atoms with Crippen LogP contribution in [0.3, 0.4) is 0 Å². The maximum absolute atomic E-state index is 13.3. The quantitative estimate of drug-likeness (QED) is 0.765. The van der Waals surface area contributed by atoms with Crippen molar-refractivity contribution in [3.05, 3.63) is 35.9 Å². The summed E-state index contributed by atoms with van der Waals surface area (Å²) >= 11 is 0. The van der Waals surface area contributed by atoms with Crippen LogP contribution in [0.4, 0.5) is 13.2 Å². The number of hydrogen-bond acceptors (Lipinski definition) is 2. The number of carbonyl (C=O) groups is 1. The fraction of sp³-hybridized carbons (Fsp3) is 0.588. The molecule has 2 unspecified atom stereocenters. The number of benzene rings is 1. The van der Waals surface area contributed by atoms with Crippen molar-refractivity contribution in [1.29, 1.82) is 0 Å². The molecule has 1 amide bonds. The molecule has 138 valence electrons. The predicted octanol–water partition coefficient (Wildman–Crippen LogP) is 4.02. The van der Waals surface area contributed by atoms with Crippen LogP contribution in [0.15, 0.2) is 30.3 Å². The smallest absolute Gasteiger partial charge is 0.350 e. The van der Waals surface area contributed by atoms with Crippen LogP contribution < -0.4 is 11.1 Å². The molecule has 1 rings (SSSR count). The first kappa shape index (κ1) is 22.7. The molecule has 1 aromatic carbocycles. The maximum atomic E-state index is 13.3. The van der Waals surface area contributed by atoms with Gasteiger partial charge in [-0.1, -0.05) is 44.2 Å². The molecule has 0 aliphatic carbocycles. The van der Waals surface area contributed by atoms with Crippen molar-refractivity contribution in [1.82, 2.24) is 5.32 Å². The Morgan fingerprint density at radius 3 is 2.17 bits per heavy atom. The van der Waals surface area contributed by atoms with Gasteiger partial charge in [0.25, 0.3) is 0 Å². The van der Waals surface area contributed by atoms with Crippen molar-refractivity contribution < 1.29 is 18.0 Å². The molecule has 0 bridgehead atoms. The molecule has 2 atom stereocenters. The fourth-order valence-electron chi connectivity index (χ4n) is 2.77. The third-order valence-corrected chi connectivity index (χ3v) is 3.74. The first-order valence-corrected chi connectivity index (χ1v) is 7.70. The van der Waals surface area contributed by atoms with Gasteiger partial charge in [-0.2, -0.15) is 13.2 Å². The van der Waals surface area contributed by atoms with E-state index in [1.807, 2.05) is 13.8 Å². The Morgan fingerprint density at radius 2 is 1.75 bits per heavy atom. The van der Waals surface area contributed by atoms with E-state index in [9.17, 15) is 18.0 Å². The van der Waals surface area contributed by atoms with Gasteiger partial charge in [0.15, 0.2) is 0 Å². The summed E-state index contributed by atoms with van der Waals surface area (Å²) in [5.41, 5.74) is 5.09. The summed E-state index contributed by atoms with van der Waals surface area (Å²) < 4.78 is 39.9. The molecule has 1 aromatic rings. The zero-order chi connectivity index (χ0) is 17.7. The number of halogens is 4. The van der Waals surface area contributed by atoms with Crippen LogP contribution in [0.5, 0.6) is 0 Å². The standard InChI is InChI=1S/C17H25F3N2O.ClH/c1-12(2)10-16(3,11-21)22-15(23)9-14(17(18,19)20)13-7-5-4-6-8-13;/h4-8,12,14H,9-11,21H2,1-3H3,(H,22,23);1H. The van der Waals surface area contributed by atoms with Crippen LogP contribution in [0, 0.1) is 5.92 Å². The van der Waals surface area contributed by atoms with Gasteiger partial charge >= 0.3 is 6.18 Å². The lowest BCUT2D eigenvalue weighted by molar-refractivity contribution is -0.157. The van der Waals surface area contributed by atoms with Gasteiger partial charge in [-0.15, -0.1) is 12.4 Å². The molecule has 0 aliphatic rings. The molecule has 7 heteroatoms. The Bertz CT molecular complexity index is 508. The van der Waals surface area contributed by atoms with Gasteiger partial charge in [0.1, 0.15) is 0 Å². The molecule has 0 aromatic heterocycles.